The first-order valence-corrected chi connectivity index (χ1v) is 15.5. The van der Waals surface area contributed by atoms with Gasteiger partial charge < -0.3 is 16.2 Å². The third-order valence-corrected chi connectivity index (χ3v) is 11.6. The Morgan fingerprint density at radius 1 is 1.03 bits per heavy atom. The highest BCUT2D eigenvalue weighted by Gasteiger charge is 2.59. The van der Waals surface area contributed by atoms with Gasteiger partial charge in [0.1, 0.15) is 12.1 Å². The van der Waals surface area contributed by atoms with Crippen LogP contribution >= 0.6 is 0 Å². The molecule has 1 unspecified atom stereocenters. The Morgan fingerprint density at radius 2 is 1.81 bits per heavy atom. The molecule has 4 rings (SSSR count). The Hall–Kier alpha value is -0.870. The molecule has 4 N–H and O–H groups in total. The summed E-state index contributed by atoms with van der Waals surface area (Å²) in [6.07, 6.45) is 18.1. The van der Waals surface area contributed by atoms with Gasteiger partial charge in [0.15, 0.2) is 0 Å². The second-order valence-electron chi connectivity index (χ2n) is 14.1. The van der Waals surface area contributed by atoms with E-state index >= 15 is 0 Å². The lowest BCUT2D eigenvalue weighted by molar-refractivity contribution is -0.153. The molecule has 0 aromatic heterocycles. The minimum atomic E-state index is -0.536. The zero-order valence-corrected chi connectivity index (χ0v) is 24.1. The molecular formula is C32H56N2O2. The van der Waals surface area contributed by atoms with Crippen molar-refractivity contribution in [1.82, 2.24) is 0 Å². The normalized spacial score (nSPS) is 39.6. The van der Waals surface area contributed by atoms with Crippen LogP contribution in [0.15, 0.2) is 11.6 Å². The van der Waals surface area contributed by atoms with Crippen LogP contribution in [-0.2, 0) is 9.53 Å². The lowest BCUT2D eigenvalue weighted by atomic mass is 9.47. The van der Waals surface area contributed by atoms with E-state index in [2.05, 4.69) is 40.7 Å². The highest BCUT2D eigenvalue weighted by molar-refractivity contribution is 5.75. The number of ether oxygens (including phenoxy) is 1. The van der Waals surface area contributed by atoms with E-state index in [0.717, 1.165) is 61.2 Å². The van der Waals surface area contributed by atoms with Crippen molar-refractivity contribution in [1.29, 1.82) is 0 Å². The summed E-state index contributed by atoms with van der Waals surface area (Å²) >= 11 is 0. The van der Waals surface area contributed by atoms with E-state index in [4.69, 9.17) is 16.2 Å². The van der Waals surface area contributed by atoms with Gasteiger partial charge in [0.2, 0.25) is 0 Å². The van der Waals surface area contributed by atoms with E-state index < -0.39 is 6.04 Å². The van der Waals surface area contributed by atoms with Gasteiger partial charge in [-0.15, -0.1) is 0 Å². The Labute approximate surface area is 221 Å². The molecule has 36 heavy (non-hydrogen) atoms. The molecule has 0 aliphatic heterocycles. The first-order chi connectivity index (χ1) is 17.1. The van der Waals surface area contributed by atoms with Crippen molar-refractivity contribution in [2.24, 2.45) is 57.8 Å². The fourth-order valence-corrected chi connectivity index (χ4v) is 9.46. The Bertz CT molecular complexity index is 793. The van der Waals surface area contributed by atoms with Crippen LogP contribution in [0.4, 0.5) is 0 Å². The number of carbonyl (C=O) groups excluding carboxylic acids is 1. The maximum Gasteiger partial charge on any atom is 0.323 e. The standard InChI is InChI=1S/C32H56N2O2/c1-21(2)8-6-9-22(3)26-13-14-27-25-12-11-23-20-24(36-30(35)29(34)10-7-19-33)15-17-31(23,4)28(25)16-18-32(26,27)5/h11,21-22,24-29H,6-10,12-20,33-34H2,1-5H3/t22-,24+,25+,26-,27+,28+,29?,31+,32-/m1/s1. The fourth-order valence-electron chi connectivity index (χ4n) is 9.46. The quantitative estimate of drug-likeness (QED) is 0.250. The van der Waals surface area contributed by atoms with Crippen molar-refractivity contribution in [2.75, 3.05) is 6.54 Å². The van der Waals surface area contributed by atoms with Gasteiger partial charge in [-0.3, -0.25) is 4.79 Å². The number of hydrogen-bond acceptors (Lipinski definition) is 4. The topological polar surface area (TPSA) is 78.3 Å². The predicted molar refractivity (Wildman–Crippen MR) is 149 cm³/mol. The van der Waals surface area contributed by atoms with Crippen LogP contribution in [0.25, 0.3) is 0 Å². The Kier molecular flexibility index (Phi) is 8.97. The van der Waals surface area contributed by atoms with Crippen LogP contribution < -0.4 is 11.5 Å². The van der Waals surface area contributed by atoms with E-state index in [1.165, 1.54) is 51.4 Å². The third kappa shape index (κ3) is 5.46. The molecule has 206 valence electrons. The Morgan fingerprint density at radius 3 is 2.53 bits per heavy atom. The summed E-state index contributed by atoms with van der Waals surface area (Å²) in [5.74, 6) is 4.89. The van der Waals surface area contributed by atoms with Gasteiger partial charge in [-0.2, -0.15) is 0 Å². The smallest absolute Gasteiger partial charge is 0.323 e. The van der Waals surface area contributed by atoms with Gasteiger partial charge in [-0.05, 0) is 111 Å². The van der Waals surface area contributed by atoms with Crippen LogP contribution in [0.1, 0.15) is 118 Å². The van der Waals surface area contributed by atoms with Crippen molar-refractivity contribution >= 4 is 5.97 Å². The summed E-state index contributed by atoms with van der Waals surface area (Å²) in [7, 11) is 0. The summed E-state index contributed by atoms with van der Waals surface area (Å²) in [6, 6.07) is -0.536. The first kappa shape index (κ1) is 28.1. The van der Waals surface area contributed by atoms with Crippen LogP contribution in [-0.4, -0.2) is 24.7 Å². The van der Waals surface area contributed by atoms with Crippen LogP contribution in [0.5, 0.6) is 0 Å². The molecule has 4 aliphatic rings. The first-order valence-electron chi connectivity index (χ1n) is 15.5. The molecule has 4 heteroatoms. The summed E-state index contributed by atoms with van der Waals surface area (Å²) in [5.41, 5.74) is 14.0. The van der Waals surface area contributed by atoms with Gasteiger partial charge in [-0.25, -0.2) is 0 Å². The highest BCUT2D eigenvalue weighted by atomic mass is 16.5. The average Bonchev–Trinajstić information content (AvgIpc) is 3.19. The summed E-state index contributed by atoms with van der Waals surface area (Å²) in [4.78, 5) is 12.5. The molecule has 0 aromatic rings. The van der Waals surface area contributed by atoms with Gasteiger partial charge in [0.05, 0.1) is 0 Å². The number of rotatable bonds is 10. The maximum absolute atomic E-state index is 12.5. The molecule has 0 amide bonds. The van der Waals surface area contributed by atoms with Crippen molar-refractivity contribution in [2.45, 2.75) is 130 Å². The molecule has 0 saturated heterocycles. The molecule has 4 nitrogen and oxygen atoms in total. The molecule has 9 atom stereocenters. The maximum atomic E-state index is 12.5. The monoisotopic (exact) mass is 500 g/mol. The van der Waals surface area contributed by atoms with Crippen LogP contribution in [0.3, 0.4) is 0 Å². The zero-order valence-electron chi connectivity index (χ0n) is 24.1. The molecule has 0 spiro atoms. The number of esters is 1. The van der Waals surface area contributed by atoms with Crippen molar-refractivity contribution in [3.8, 4) is 0 Å². The summed E-state index contributed by atoms with van der Waals surface area (Å²) < 4.78 is 5.91. The lowest BCUT2D eigenvalue weighted by Crippen LogP contribution is -2.51. The van der Waals surface area contributed by atoms with E-state index in [-0.39, 0.29) is 17.5 Å². The third-order valence-electron chi connectivity index (χ3n) is 11.6. The summed E-state index contributed by atoms with van der Waals surface area (Å²) in [6.45, 7) is 13.1. The molecule has 4 aliphatic carbocycles. The van der Waals surface area contributed by atoms with E-state index in [0.29, 0.717) is 18.4 Å². The molecule has 0 radical (unpaired) electrons. The zero-order chi connectivity index (χ0) is 26.1. The van der Waals surface area contributed by atoms with Crippen molar-refractivity contribution < 1.29 is 9.53 Å². The second-order valence-corrected chi connectivity index (χ2v) is 14.1. The van der Waals surface area contributed by atoms with E-state index in [9.17, 15) is 4.79 Å². The predicted octanol–water partition coefficient (Wildman–Crippen LogP) is 7.01. The molecular weight excluding hydrogens is 444 g/mol. The molecule has 0 heterocycles. The SMILES string of the molecule is CC(C)CCC[C@@H](C)[C@H]1CC[C@H]2[C@@H]3CC=C4C[C@@H](OC(=O)C(N)CCCN)CC[C@]4(C)[C@H]3CC[C@]12C. The van der Waals surface area contributed by atoms with E-state index in [1.54, 1.807) is 5.57 Å². The summed E-state index contributed by atoms with van der Waals surface area (Å²) in [5, 5.41) is 0. The van der Waals surface area contributed by atoms with Crippen molar-refractivity contribution in [3.63, 3.8) is 0 Å². The average molecular weight is 501 g/mol. The second kappa shape index (κ2) is 11.5. The van der Waals surface area contributed by atoms with Gasteiger partial charge >= 0.3 is 5.97 Å². The Balaban J connectivity index is 1.40. The minimum Gasteiger partial charge on any atom is -0.461 e. The molecule has 3 fully saturated rings. The number of carbonyl (C=O) groups is 1. The van der Waals surface area contributed by atoms with Gasteiger partial charge in [0, 0.05) is 6.42 Å². The molecule has 0 bridgehead atoms. The highest BCUT2D eigenvalue weighted by Crippen LogP contribution is 2.67. The largest absolute Gasteiger partial charge is 0.461 e. The minimum absolute atomic E-state index is 0.00583. The van der Waals surface area contributed by atoms with Crippen LogP contribution in [0.2, 0.25) is 0 Å². The number of hydrogen-bond donors (Lipinski definition) is 2. The van der Waals surface area contributed by atoms with Gasteiger partial charge in [-0.1, -0.05) is 65.5 Å². The lowest BCUT2D eigenvalue weighted by Gasteiger charge is -2.58. The molecule has 0 aromatic carbocycles. The van der Waals surface area contributed by atoms with E-state index in [1.807, 2.05) is 0 Å². The van der Waals surface area contributed by atoms with Crippen molar-refractivity contribution in [3.05, 3.63) is 11.6 Å². The fraction of sp³-hybridized carbons (Fsp3) is 0.906. The number of fused-ring (bicyclic) bond motifs is 5. The van der Waals surface area contributed by atoms with Gasteiger partial charge in [0.25, 0.3) is 0 Å². The van der Waals surface area contributed by atoms with Crippen LogP contribution in [0, 0.1) is 46.3 Å². The molecule has 3 saturated carbocycles. The number of nitrogens with two attached hydrogens (primary N) is 2. The number of allylic oxidation sites excluding steroid dienone is 1.